The first-order valence-corrected chi connectivity index (χ1v) is 7.87. The summed E-state index contributed by atoms with van der Waals surface area (Å²) in [7, 11) is 0. The van der Waals surface area contributed by atoms with Crippen LogP contribution < -0.4 is 10.1 Å². The van der Waals surface area contributed by atoms with Crippen LogP contribution in [-0.2, 0) is 11.4 Å². The molecule has 0 aromatic heterocycles. The summed E-state index contributed by atoms with van der Waals surface area (Å²) in [5.41, 5.74) is 0.721. The number of carboxylic acids is 1. The highest BCUT2D eigenvalue weighted by Crippen LogP contribution is 2.45. The van der Waals surface area contributed by atoms with Gasteiger partial charge in [0.15, 0.2) is 0 Å². The van der Waals surface area contributed by atoms with Crippen LogP contribution in [0.5, 0.6) is 5.75 Å². The summed E-state index contributed by atoms with van der Waals surface area (Å²) in [6, 6.07) is 16.6. The van der Waals surface area contributed by atoms with Gasteiger partial charge in [-0.05, 0) is 42.7 Å². The topological polar surface area (TPSA) is 75.6 Å². The van der Waals surface area contributed by atoms with E-state index in [1.165, 1.54) is 0 Å². The molecule has 1 amide bonds. The molecule has 1 saturated carbocycles. The fraction of sp³-hybridized carbons (Fsp3) is 0.263. The van der Waals surface area contributed by atoms with Gasteiger partial charge >= 0.3 is 5.97 Å². The van der Waals surface area contributed by atoms with Crippen molar-refractivity contribution in [2.24, 2.45) is 5.41 Å². The summed E-state index contributed by atoms with van der Waals surface area (Å²) < 4.78 is 5.65. The highest BCUT2D eigenvalue weighted by Gasteiger charge is 2.50. The van der Waals surface area contributed by atoms with E-state index in [-0.39, 0.29) is 12.5 Å². The van der Waals surface area contributed by atoms with Gasteiger partial charge < -0.3 is 15.2 Å². The molecule has 1 aliphatic carbocycles. The van der Waals surface area contributed by atoms with Gasteiger partial charge in [0.05, 0.1) is 5.41 Å². The lowest BCUT2D eigenvalue weighted by atomic mass is 10.1. The molecular formula is C19H19NO4. The van der Waals surface area contributed by atoms with Crippen LogP contribution in [0.2, 0.25) is 0 Å². The zero-order chi connectivity index (χ0) is 17.0. The molecule has 24 heavy (non-hydrogen) atoms. The fourth-order valence-corrected chi connectivity index (χ4v) is 2.40. The van der Waals surface area contributed by atoms with Crippen LogP contribution in [0.1, 0.15) is 28.8 Å². The number of nitrogens with one attached hydrogen (secondary N) is 1. The molecule has 0 heterocycles. The molecule has 0 aliphatic heterocycles. The number of hydrogen-bond acceptors (Lipinski definition) is 3. The Morgan fingerprint density at radius 2 is 1.71 bits per heavy atom. The Bertz CT molecular complexity index is 721. The minimum atomic E-state index is -0.837. The number of benzene rings is 2. The van der Waals surface area contributed by atoms with Gasteiger partial charge in [0.1, 0.15) is 12.4 Å². The van der Waals surface area contributed by atoms with Gasteiger partial charge in [-0.3, -0.25) is 9.59 Å². The monoisotopic (exact) mass is 325 g/mol. The van der Waals surface area contributed by atoms with Crippen molar-refractivity contribution in [1.29, 1.82) is 0 Å². The number of aliphatic carboxylic acids is 1. The minimum absolute atomic E-state index is 0.181. The number of hydrogen-bond donors (Lipinski definition) is 2. The Kier molecular flexibility index (Phi) is 4.51. The molecule has 1 aliphatic rings. The molecule has 2 aromatic carbocycles. The van der Waals surface area contributed by atoms with Crippen LogP contribution in [0.4, 0.5) is 0 Å². The summed E-state index contributed by atoms with van der Waals surface area (Å²) in [6.07, 6.45) is 1.25. The third-order valence-corrected chi connectivity index (χ3v) is 4.26. The Morgan fingerprint density at radius 3 is 2.29 bits per heavy atom. The largest absolute Gasteiger partial charge is 0.489 e. The van der Waals surface area contributed by atoms with Crippen LogP contribution in [0.25, 0.3) is 0 Å². The molecule has 0 spiro atoms. The van der Waals surface area contributed by atoms with Crippen molar-refractivity contribution < 1.29 is 19.4 Å². The summed E-state index contributed by atoms with van der Waals surface area (Å²) in [5.74, 6) is -0.294. The lowest BCUT2D eigenvalue weighted by Gasteiger charge is -2.11. The third-order valence-electron chi connectivity index (χ3n) is 4.26. The Labute approximate surface area is 140 Å². The first kappa shape index (κ1) is 16.1. The van der Waals surface area contributed by atoms with Crippen LogP contribution in [0.15, 0.2) is 54.6 Å². The quantitative estimate of drug-likeness (QED) is 0.821. The highest BCUT2D eigenvalue weighted by atomic mass is 16.5. The lowest BCUT2D eigenvalue weighted by Crippen LogP contribution is -2.34. The van der Waals surface area contributed by atoms with Crippen molar-refractivity contribution >= 4 is 11.9 Å². The van der Waals surface area contributed by atoms with E-state index in [9.17, 15) is 9.59 Å². The number of carboxylic acid groups (broad SMARTS) is 1. The molecule has 1 fully saturated rings. The predicted octanol–water partition coefficient (Wildman–Crippen LogP) is 2.86. The molecular weight excluding hydrogens is 306 g/mol. The first-order chi connectivity index (χ1) is 11.6. The normalized spacial score (nSPS) is 14.7. The van der Waals surface area contributed by atoms with E-state index in [2.05, 4.69) is 5.32 Å². The molecule has 0 bridgehead atoms. The molecule has 5 nitrogen and oxygen atoms in total. The van der Waals surface area contributed by atoms with Gasteiger partial charge in [-0.2, -0.15) is 0 Å². The maximum Gasteiger partial charge on any atom is 0.311 e. The average molecular weight is 325 g/mol. The summed E-state index contributed by atoms with van der Waals surface area (Å²) in [4.78, 5) is 23.2. The van der Waals surface area contributed by atoms with Gasteiger partial charge in [0, 0.05) is 12.1 Å². The second-order valence-corrected chi connectivity index (χ2v) is 6.07. The SMILES string of the molecule is O=C(NCC1(C(=O)O)CC1)c1ccc(COc2ccccc2)cc1. The molecule has 0 radical (unpaired) electrons. The van der Waals surface area contributed by atoms with Gasteiger partial charge in [-0.15, -0.1) is 0 Å². The minimum Gasteiger partial charge on any atom is -0.489 e. The smallest absolute Gasteiger partial charge is 0.311 e. The van der Waals surface area contributed by atoms with Gasteiger partial charge in [-0.25, -0.2) is 0 Å². The van der Waals surface area contributed by atoms with Crippen LogP contribution in [-0.4, -0.2) is 23.5 Å². The van der Waals surface area contributed by atoms with Crippen molar-refractivity contribution in [3.05, 3.63) is 65.7 Å². The Balaban J connectivity index is 1.52. The van der Waals surface area contributed by atoms with Gasteiger partial charge in [0.25, 0.3) is 5.91 Å². The number of ether oxygens (including phenoxy) is 1. The summed E-state index contributed by atoms with van der Waals surface area (Å²) >= 11 is 0. The van der Waals surface area contributed by atoms with Crippen LogP contribution in [0, 0.1) is 5.41 Å². The standard InChI is InChI=1S/C19H19NO4/c21-17(20-13-19(10-11-19)18(22)23)15-8-6-14(7-9-15)12-24-16-4-2-1-3-5-16/h1-9H,10-13H2,(H,20,21)(H,22,23). The zero-order valence-corrected chi connectivity index (χ0v) is 13.2. The molecule has 5 heteroatoms. The first-order valence-electron chi connectivity index (χ1n) is 7.87. The van der Waals surface area contributed by atoms with E-state index in [0.29, 0.717) is 25.0 Å². The van der Waals surface area contributed by atoms with Crippen molar-refractivity contribution in [2.45, 2.75) is 19.4 Å². The molecule has 2 aromatic rings. The predicted molar refractivity (Wildman–Crippen MR) is 88.9 cm³/mol. The average Bonchev–Trinajstić information content (AvgIpc) is 3.41. The maximum absolute atomic E-state index is 12.1. The van der Waals surface area contributed by atoms with Crippen molar-refractivity contribution in [3.63, 3.8) is 0 Å². The zero-order valence-electron chi connectivity index (χ0n) is 13.2. The summed E-state index contributed by atoms with van der Waals surface area (Å²) in [6.45, 7) is 0.605. The van der Waals surface area contributed by atoms with Crippen molar-refractivity contribution in [3.8, 4) is 5.75 Å². The highest BCUT2D eigenvalue weighted by molar-refractivity contribution is 5.94. The van der Waals surface area contributed by atoms with E-state index in [4.69, 9.17) is 9.84 Å². The van der Waals surface area contributed by atoms with E-state index in [0.717, 1.165) is 11.3 Å². The van der Waals surface area contributed by atoms with E-state index < -0.39 is 11.4 Å². The number of para-hydroxylation sites is 1. The molecule has 0 saturated heterocycles. The van der Waals surface area contributed by atoms with Crippen LogP contribution in [0.3, 0.4) is 0 Å². The number of amides is 1. The van der Waals surface area contributed by atoms with E-state index >= 15 is 0 Å². The lowest BCUT2D eigenvalue weighted by molar-refractivity contribution is -0.143. The molecule has 2 N–H and O–H groups in total. The van der Waals surface area contributed by atoms with Crippen molar-refractivity contribution in [2.75, 3.05) is 6.54 Å². The maximum atomic E-state index is 12.1. The van der Waals surface area contributed by atoms with E-state index in [1.807, 2.05) is 42.5 Å². The molecule has 0 unspecified atom stereocenters. The second kappa shape index (κ2) is 6.74. The van der Waals surface area contributed by atoms with Crippen LogP contribution >= 0.6 is 0 Å². The Morgan fingerprint density at radius 1 is 1.04 bits per heavy atom. The molecule has 124 valence electrons. The van der Waals surface area contributed by atoms with Gasteiger partial charge in [0.2, 0.25) is 0 Å². The Hall–Kier alpha value is -2.82. The summed E-state index contributed by atoms with van der Waals surface area (Å²) in [5, 5.41) is 11.8. The van der Waals surface area contributed by atoms with Gasteiger partial charge in [-0.1, -0.05) is 30.3 Å². The number of carbonyl (C=O) groups excluding carboxylic acids is 1. The number of rotatable bonds is 7. The van der Waals surface area contributed by atoms with Crippen molar-refractivity contribution in [1.82, 2.24) is 5.32 Å². The van der Waals surface area contributed by atoms with E-state index in [1.54, 1.807) is 12.1 Å². The molecule has 0 atom stereocenters. The number of carbonyl (C=O) groups is 2. The molecule has 3 rings (SSSR count). The second-order valence-electron chi connectivity index (χ2n) is 6.07. The third kappa shape index (κ3) is 3.74. The fourth-order valence-electron chi connectivity index (χ4n) is 2.40.